The summed E-state index contributed by atoms with van der Waals surface area (Å²) in [5, 5.41) is 5.54. The van der Waals surface area contributed by atoms with Crippen LogP contribution >= 0.6 is 0 Å². The van der Waals surface area contributed by atoms with E-state index < -0.39 is 11.8 Å². The highest BCUT2D eigenvalue weighted by Crippen LogP contribution is 2.23. The number of carbonyl (C=O) groups excluding carboxylic acids is 2. The highest BCUT2D eigenvalue weighted by atomic mass is 16.5. The molecule has 2 N–H and O–H groups in total. The number of nitrogens with zero attached hydrogens (tertiary/aromatic N) is 3. The van der Waals surface area contributed by atoms with E-state index in [9.17, 15) is 9.59 Å². The van der Waals surface area contributed by atoms with Gasteiger partial charge in [0.1, 0.15) is 5.75 Å². The number of ether oxygens (including phenoxy) is 1. The smallest absolute Gasteiger partial charge is 0.309 e. The second kappa shape index (κ2) is 12.7. The van der Waals surface area contributed by atoms with Crippen LogP contribution in [0.1, 0.15) is 17.2 Å². The number of methoxy groups -OCH3 is 1. The van der Waals surface area contributed by atoms with Crippen molar-refractivity contribution in [3.8, 4) is 5.75 Å². The van der Waals surface area contributed by atoms with E-state index in [1.54, 1.807) is 13.3 Å². The number of rotatable bonds is 9. The highest BCUT2D eigenvalue weighted by Gasteiger charge is 2.26. The van der Waals surface area contributed by atoms with Crippen LogP contribution in [0.5, 0.6) is 5.75 Å². The number of para-hydroxylation sites is 2. The average Bonchev–Trinajstić information content (AvgIpc) is 2.94. The Morgan fingerprint density at radius 3 is 2.36 bits per heavy atom. The number of aromatic nitrogens is 1. The molecule has 0 saturated carbocycles. The summed E-state index contributed by atoms with van der Waals surface area (Å²) < 4.78 is 5.34. The van der Waals surface area contributed by atoms with Crippen molar-refractivity contribution in [2.45, 2.75) is 12.5 Å². The van der Waals surface area contributed by atoms with Gasteiger partial charge in [-0.2, -0.15) is 0 Å². The third kappa shape index (κ3) is 6.60. The zero-order valence-electron chi connectivity index (χ0n) is 20.6. The third-order valence-corrected chi connectivity index (χ3v) is 6.48. The predicted octanol–water partition coefficient (Wildman–Crippen LogP) is 2.43. The Bertz CT molecular complexity index is 1120. The second-order valence-corrected chi connectivity index (χ2v) is 8.69. The van der Waals surface area contributed by atoms with Crippen LogP contribution < -0.4 is 20.3 Å². The third-order valence-electron chi connectivity index (χ3n) is 6.48. The molecule has 1 atom stereocenters. The van der Waals surface area contributed by atoms with Crippen molar-refractivity contribution in [2.75, 3.05) is 51.3 Å². The molecule has 1 saturated heterocycles. The van der Waals surface area contributed by atoms with Crippen molar-refractivity contribution in [2.24, 2.45) is 0 Å². The average molecular weight is 488 g/mol. The lowest BCUT2D eigenvalue weighted by atomic mass is 10.1. The maximum Gasteiger partial charge on any atom is 0.309 e. The molecular weight excluding hydrogens is 454 g/mol. The Labute approximate surface area is 212 Å². The van der Waals surface area contributed by atoms with Gasteiger partial charge in [0.25, 0.3) is 0 Å². The largest absolute Gasteiger partial charge is 0.496 e. The molecule has 1 aromatic heterocycles. The Balaban J connectivity index is 1.31. The molecule has 0 aliphatic carbocycles. The van der Waals surface area contributed by atoms with Gasteiger partial charge in [-0.1, -0.05) is 42.5 Å². The van der Waals surface area contributed by atoms with Crippen molar-refractivity contribution in [1.29, 1.82) is 0 Å². The lowest BCUT2D eigenvalue weighted by molar-refractivity contribution is -0.139. The molecule has 1 aliphatic rings. The number of carbonyl (C=O) groups is 2. The van der Waals surface area contributed by atoms with E-state index >= 15 is 0 Å². The van der Waals surface area contributed by atoms with Crippen LogP contribution in [0.2, 0.25) is 0 Å². The van der Waals surface area contributed by atoms with Gasteiger partial charge in [0.05, 0.1) is 13.2 Å². The quantitative estimate of drug-likeness (QED) is 0.451. The van der Waals surface area contributed by atoms with E-state index in [0.29, 0.717) is 19.5 Å². The molecule has 0 bridgehead atoms. The van der Waals surface area contributed by atoms with Crippen molar-refractivity contribution in [3.05, 3.63) is 90.3 Å². The highest BCUT2D eigenvalue weighted by molar-refractivity contribution is 6.35. The number of nitrogens with one attached hydrogen (secondary N) is 2. The molecule has 188 valence electrons. The lowest BCUT2D eigenvalue weighted by Crippen LogP contribution is -2.51. The van der Waals surface area contributed by atoms with Crippen LogP contribution in [0.4, 0.5) is 5.69 Å². The minimum absolute atomic E-state index is 0.0676. The molecule has 0 unspecified atom stereocenters. The van der Waals surface area contributed by atoms with E-state index in [-0.39, 0.29) is 6.04 Å². The van der Waals surface area contributed by atoms with Crippen LogP contribution in [0, 0.1) is 0 Å². The number of amides is 2. The minimum Gasteiger partial charge on any atom is -0.496 e. The molecule has 3 aromatic rings. The van der Waals surface area contributed by atoms with Gasteiger partial charge in [-0.3, -0.25) is 19.5 Å². The molecular formula is C28H33N5O3. The zero-order chi connectivity index (χ0) is 25.2. The Hall–Kier alpha value is -3.91. The van der Waals surface area contributed by atoms with Crippen LogP contribution in [-0.2, 0) is 16.0 Å². The number of piperazine rings is 1. The van der Waals surface area contributed by atoms with Gasteiger partial charge in [-0.25, -0.2) is 0 Å². The number of pyridine rings is 1. The first-order chi connectivity index (χ1) is 17.7. The van der Waals surface area contributed by atoms with Crippen molar-refractivity contribution >= 4 is 17.5 Å². The van der Waals surface area contributed by atoms with Crippen molar-refractivity contribution in [3.63, 3.8) is 0 Å². The SMILES string of the molecule is COc1ccccc1CCNC(=O)C(=O)NC[C@@H](c1cccnc1)N1CCN(c2ccccc2)CC1. The van der Waals surface area contributed by atoms with Crippen LogP contribution in [0.3, 0.4) is 0 Å². The summed E-state index contributed by atoms with van der Waals surface area (Å²) in [6, 6.07) is 21.9. The van der Waals surface area contributed by atoms with Gasteiger partial charge < -0.3 is 20.3 Å². The van der Waals surface area contributed by atoms with E-state index in [2.05, 4.69) is 49.7 Å². The van der Waals surface area contributed by atoms with Gasteiger partial charge in [-0.15, -0.1) is 0 Å². The predicted molar refractivity (Wildman–Crippen MR) is 140 cm³/mol. The van der Waals surface area contributed by atoms with E-state index in [0.717, 1.165) is 43.1 Å². The topological polar surface area (TPSA) is 86.8 Å². The summed E-state index contributed by atoms with van der Waals surface area (Å²) in [6.07, 6.45) is 4.14. The Kier molecular flexibility index (Phi) is 8.88. The zero-order valence-corrected chi connectivity index (χ0v) is 20.6. The molecule has 8 nitrogen and oxygen atoms in total. The molecule has 1 aliphatic heterocycles. The first kappa shape index (κ1) is 25.2. The van der Waals surface area contributed by atoms with Gasteiger partial charge in [0, 0.05) is 57.3 Å². The molecule has 2 amide bonds. The van der Waals surface area contributed by atoms with Crippen LogP contribution in [-0.4, -0.2) is 68.1 Å². The maximum atomic E-state index is 12.6. The van der Waals surface area contributed by atoms with E-state index in [4.69, 9.17) is 4.74 Å². The summed E-state index contributed by atoms with van der Waals surface area (Å²) in [6.45, 7) is 4.14. The maximum absolute atomic E-state index is 12.6. The number of hydrogen-bond donors (Lipinski definition) is 2. The molecule has 4 rings (SSSR count). The molecule has 2 aromatic carbocycles. The minimum atomic E-state index is -0.635. The Morgan fingerprint density at radius 2 is 1.64 bits per heavy atom. The van der Waals surface area contributed by atoms with Gasteiger partial charge in [0.15, 0.2) is 0 Å². The van der Waals surface area contributed by atoms with Crippen molar-refractivity contribution in [1.82, 2.24) is 20.5 Å². The van der Waals surface area contributed by atoms with Gasteiger partial charge in [-0.05, 0) is 41.8 Å². The molecule has 0 radical (unpaired) electrons. The fourth-order valence-corrected chi connectivity index (χ4v) is 4.53. The number of hydrogen-bond acceptors (Lipinski definition) is 6. The lowest BCUT2D eigenvalue weighted by Gasteiger charge is -2.40. The molecule has 0 spiro atoms. The molecule has 36 heavy (non-hydrogen) atoms. The summed E-state index contributed by atoms with van der Waals surface area (Å²) >= 11 is 0. The van der Waals surface area contributed by atoms with Crippen LogP contribution in [0.25, 0.3) is 0 Å². The van der Waals surface area contributed by atoms with E-state index in [1.165, 1.54) is 5.69 Å². The summed E-state index contributed by atoms with van der Waals surface area (Å²) in [7, 11) is 1.62. The molecule has 1 fully saturated rings. The summed E-state index contributed by atoms with van der Waals surface area (Å²) in [5.74, 6) is -0.501. The molecule has 8 heteroatoms. The van der Waals surface area contributed by atoms with Gasteiger partial charge in [0.2, 0.25) is 0 Å². The van der Waals surface area contributed by atoms with Crippen LogP contribution in [0.15, 0.2) is 79.1 Å². The standard InChI is InChI=1S/C28H33N5O3/c1-36-26-12-6-5-8-22(26)13-15-30-27(34)28(35)31-21-25(23-9-7-14-29-20-23)33-18-16-32(17-19-33)24-10-3-2-4-11-24/h2-12,14,20,25H,13,15-19,21H2,1H3,(H,30,34)(H,31,35)/t25-/m0/s1. The van der Waals surface area contributed by atoms with Crippen molar-refractivity contribution < 1.29 is 14.3 Å². The number of benzene rings is 2. The summed E-state index contributed by atoms with van der Waals surface area (Å²) in [5.41, 5.74) is 3.21. The molecule has 2 heterocycles. The van der Waals surface area contributed by atoms with Gasteiger partial charge >= 0.3 is 11.8 Å². The summed E-state index contributed by atoms with van der Waals surface area (Å²) in [4.78, 5) is 34.0. The fourth-order valence-electron chi connectivity index (χ4n) is 4.53. The fraction of sp³-hybridized carbons (Fsp3) is 0.321. The normalized spacial score (nSPS) is 14.6. The first-order valence-corrected chi connectivity index (χ1v) is 12.3. The first-order valence-electron chi connectivity index (χ1n) is 12.3. The second-order valence-electron chi connectivity index (χ2n) is 8.69. The van der Waals surface area contributed by atoms with E-state index in [1.807, 2.05) is 48.7 Å². The number of anilines is 1. The Morgan fingerprint density at radius 1 is 0.917 bits per heavy atom. The monoisotopic (exact) mass is 487 g/mol.